The number of carbonyl (C=O) groups excluding carboxylic acids is 1. The fraction of sp³-hybridized carbons (Fsp3) is 0.357. The van der Waals surface area contributed by atoms with Gasteiger partial charge in [-0.15, -0.1) is 11.3 Å². The predicted octanol–water partition coefficient (Wildman–Crippen LogP) is 1.70. The van der Waals surface area contributed by atoms with E-state index < -0.39 is 11.9 Å². The van der Waals surface area contributed by atoms with Crippen molar-refractivity contribution in [3.05, 3.63) is 28.8 Å². The molecule has 3 rings (SSSR count). The molecule has 6 nitrogen and oxygen atoms in total. The number of carboxylic acid groups (broad SMARTS) is 1. The monoisotopic (exact) mass is 305 g/mol. The van der Waals surface area contributed by atoms with Gasteiger partial charge in [0.05, 0.1) is 16.5 Å². The van der Waals surface area contributed by atoms with Gasteiger partial charge in [0.1, 0.15) is 4.83 Å². The first-order chi connectivity index (χ1) is 9.95. The zero-order chi connectivity index (χ0) is 15.1. The number of aryl methyl sites for hydroxylation is 2. The van der Waals surface area contributed by atoms with Gasteiger partial charge in [-0.05, 0) is 19.4 Å². The lowest BCUT2D eigenvalue weighted by molar-refractivity contribution is -0.140. The van der Waals surface area contributed by atoms with Crippen molar-refractivity contribution in [3.63, 3.8) is 0 Å². The van der Waals surface area contributed by atoms with Crippen molar-refractivity contribution < 1.29 is 14.7 Å². The highest BCUT2D eigenvalue weighted by Crippen LogP contribution is 2.28. The molecule has 1 amide bonds. The van der Waals surface area contributed by atoms with Crippen LogP contribution in [0.25, 0.3) is 10.2 Å². The van der Waals surface area contributed by atoms with Crippen molar-refractivity contribution in [1.82, 2.24) is 15.1 Å². The van der Waals surface area contributed by atoms with Crippen molar-refractivity contribution in [3.8, 4) is 0 Å². The second kappa shape index (κ2) is 5.00. The van der Waals surface area contributed by atoms with Crippen LogP contribution in [-0.2, 0) is 11.8 Å². The van der Waals surface area contributed by atoms with E-state index in [2.05, 4.69) is 10.4 Å². The zero-order valence-corrected chi connectivity index (χ0v) is 12.5. The average Bonchev–Trinajstić information content (AvgIpc) is 3.08. The van der Waals surface area contributed by atoms with Gasteiger partial charge in [0.15, 0.2) is 0 Å². The zero-order valence-electron chi connectivity index (χ0n) is 11.7. The number of rotatable bonds is 3. The summed E-state index contributed by atoms with van der Waals surface area (Å²) in [4.78, 5) is 24.7. The number of fused-ring (bicyclic) bond motifs is 1. The Balaban J connectivity index is 1.74. The van der Waals surface area contributed by atoms with Gasteiger partial charge in [-0.25, -0.2) is 0 Å². The van der Waals surface area contributed by atoms with Crippen LogP contribution in [0.4, 0.5) is 0 Å². The molecule has 2 aromatic rings. The van der Waals surface area contributed by atoms with Crippen molar-refractivity contribution >= 4 is 33.4 Å². The third-order valence-corrected chi connectivity index (χ3v) is 4.84. The third-order valence-electron chi connectivity index (χ3n) is 3.64. The summed E-state index contributed by atoms with van der Waals surface area (Å²) in [5.41, 5.74) is 0.898. The molecule has 2 N–H and O–H groups in total. The first-order valence-corrected chi connectivity index (χ1v) is 7.42. The molecule has 110 valence electrons. The maximum atomic E-state index is 12.3. The normalized spacial score (nSPS) is 21.0. The van der Waals surface area contributed by atoms with Crippen LogP contribution in [-0.4, -0.2) is 32.8 Å². The third kappa shape index (κ3) is 2.44. The van der Waals surface area contributed by atoms with Crippen LogP contribution >= 0.6 is 11.3 Å². The second-order valence-electron chi connectivity index (χ2n) is 5.18. The minimum Gasteiger partial charge on any atom is -0.481 e. The van der Waals surface area contributed by atoms with Crippen molar-refractivity contribution in [2.75, 3.05) is 0 Å². The molecule has 1 aliphatic rings. The van der Waals surface area contributed by atoms with Gasteiger partial charge < -0.3 is 10.4 Å². The van der Waals surface area contributed by atoms with Gasteiger partial charge in [-0.3, -0.25) is 14.3 Å². The molecule has 0 radical (unpaired) electrons. The summed E-state index contributed by atoms with van der Waals surface area (Å²) in [6.45, 7) is 1.91. The summed E-state index contributed by atoms with van der Waals surface area (Å²) in [7, 11) is 1.85. The summed E-state index contributed by atoms with van der Waals surface area (Å²) < 4.78 is 1.77. The second-order valence-corrected chi connectivity index (χ2v) is 6.21. The van der Waals surface area contributed by atoms with Gasteiger partial charge in [0.25, 0.3) is 5.91 Å². The topological polar surface area (TPSA) is 84.2 Å². The minimum atomic E-state index is -0.855. The molecule has 21 heavy (non-hydrogen) atoms. The average molecular weight is 305 g/mol. The fourth-order valence-corrected chi connectivity index (χ4v) is 3.57. The van der Waals surface area contributed by atoms with Gasteiger partial charge in [-0.1, -0.05) is 12.2 Å². The molecular weight excluding hydrogens is 290 g/mol. The highest BCUT2D eigenvalue weighted by molar-refractivity contribution is 7.20. The summed E-state index contributed by atoms with van der Waals surface area (Å²) >= 11 is 1.39. The highest BCUT2D eigenvalue weighted by atomic mass is 32.1. The van der Waals surface area contributed by atoms with Crippen molar-refractivity contribution in [2.24, 2.45) is 13.0 Å². The Morgan fingerprint density at radius 3 is 2.86 bits per heavy atom. The first-order valence-electron chi connectivity index (χ1n) is 6.61. The molecule has 1 aliphatic carbocycles. The highest BCUT2D eigenvalue weighted by Gasteiger charge is 2.26. The standard InChI is InChI=1S/C14H15N3O3S/c1-7-10-6-11(21-13(10)17(2)16-7)12(18)15-9-4-3-8(5-9)14(19)20/h3-4,6,8-9H,5H2,1-2H3,(H,15,18)(H,19,20). The van der Waals surface area contributed by atoms with Crippen LogP contribution in [0.15, 0.2) is 18.2 Å². The summed E-state index contributed by atoms with van der Waals surface area (Å²) in [6.07, 6.45) is 3.79. The van der Waals surface area contributed by atoms with E-state index in [4.69, 9.17) is 5.11 Å². The first kappa shape index (κ1) is 13.8. The molecule has 0 aromatic carbocycles. The van der Waals surface area contributed by atoms with Crippen LogP contribution in [0.3, 0.4) is 0 Å². The lowest BCUT2D eigenvalue weighted by Crippen LogP contribution is -2.32. The number of aromatic nitrogens is 2. The van der Waals surface area contributed by atoms with E-state index in [1.807, 2.05) is 20.0 Å². The number of carboxylic acids is 1. The Bertz CT molecular complexity index is 724. The molecule has 0 fully saturated rings. The van der Waals surface area contributed by atoms with Gasteiger partial charge in [0.2, 0.25) is 0 Å². The largest absolute Gasteiger partial charge is 0.481 e. The number of hydrogen-bond acceptors (Lipinski definition) is 4. The minimum absolute atomic E-state index is 0.170. The van der Waals surface area contributed by atoms with E-state index in [0.717, 1.165) is 15.9 Å². The smallest absolute Gasteiger partial charge is 0.310 e. The van der Waals surface area contributed by atoms with E-state index >= 15 is 0 Å². The van der Waals surface area contributed by atoms with Crippen LogP contribution in [0.1, 0.15) is 21.8 Å². The van der Waals surface area contributed by atoms with E-state index in [1.165, 1.54) is 11.3 Å². The Morgan fingerprint density at radius 2 is 2.24 bits per heavy atom. The Morgan fingerprint density at radius 1 is 1.48 bits per heavy atom. The molecule has 2 unspecified atom stereocenters. The van der Waals surface area contributed by atoms with Crippen molar-refractivity contribution in [2.45, 2.75) is 19.4 Å². The van der Waals surface area contributed by atoms with E-state index in [-0.39, 0.29) is 11.9 Å². The summed E-state index contributed by atoms with van der Waals surface area (Å²) in [5.74, 6) is -1.54. The molecule has 2 aromatic heterocycles. The Kier molecular flexibility index (Phi) is 3.29. The number of nitrogens with one attached hydrogen (secondary N) is 1. The number of aliphatic carboxylic acids is 1. The van der Waals surface area contributed by atoms with E-state index in [0.29, 0.717) is 11.3 Å². The van der Waals surface area contributed by atoms with Crippen LogP contribution < -0.4 is 5.32 Å². The van der Waals surface area contributed by atoms with Gasteiger partial charge in [0, 0.05) is 18.5 Å². The number of carbonyl (C=O) groups is 2. The summed E-state index contributed by atoms with van der Waals surface area (Å²) in [5, 5.41) is 17.1. The summed E-state index contributed by atoms with van der Waals surface area (Å²) in [6, 6.07) is 1.62. The lowest BCUT2D eigenvalue weighted by Gasteiger charge is -2.11. The van der Waals surface area contributed by atoms with Crippen LogP contribution in [0.5, 0.6) is 0 Å². The maximum Gasteiger partial charge on any atom is 0.310 e. The molecular formula is C14H15N3O3S. The molecule has 2 atom stereocenters. The van der Waals surface area contributed by atoms with Crippen molar-refractivity contribution in [1.29, 1.82) is 0 Å². The quantitative estimate of drug-likeness (QED) is 0.845. The molecule has 2 heterocycles. The molecule has 0 saturated heterocycles. The molecule has 0 spiro atoms. The number of amides is 1. The Labute approximate surface area is 125 Å². The maximum absolute atomic E-state index is 12.3. The Hall–Kier alpha value is -2.15. The molecule has 0 bridgehead atoms. The molecule has 0 saturated carbocycles. The predicted molar refractivity (Wildman–Crippen MR) is 79.5 cm³/mol. The van der Waals surface area contributed by atoms with Crippen LogP contribution in [0, 0.1) is 12.8 Å². The number of nitrogens with zero attached hydrogens (tertiary/aromatic N) is 2. The SMILES string of the molecule is Cc1nn(C)c2sc(C(=O)NC3C=CC(C(=O)O)C3)cc12. The van der Waals surface area contributed by atoms with E-state index in [1.54, 1.807) is 16.8 Å². The van der Waals surface area contributed by atoms with Crippen LogP contribution in [0.2, 0.25) is 0 Å². The molecule has 0 aliphatic heterocycles. The number of thiophene rings is 1. The molecule has 7 heteroatoms. The number of hydrogen-bond donors (Lipinski definition) is 2. The van der Waals surface area contributed by atoms with E-state index in [9.17, 15) is 9.59 Å². The van der Waals surface area contributed by atoms with Gasteiger partial charge in [-0.2, -0.15) is 5.10 Å². The lowest BCUT2D eigenvalue weighted by atomic mass is 10.1. The fourth-order valence-electron chi connectivity index (χ4n) is 2.55. The van der Waals surface area contributed by atoms with Gasteiger partial charge >= 0.3 is 5.97 Å².